The lowest BCUT2D eigenvalue weighted by Crippen LogP contribution is -2.47. The van der Waals surface area contributed by atoms with Crippen molar-refractivity contribution < 1.29 is 40.6 Å². The quantitative estimate of drug-likeness (QED) is 0.219. The normalized spacial score (nSPS) is 31.3. The van der Waals surface area contributed by atoms with Gasteiger partial charge in [-0.25, -0.2) is 17.6 Å². The summed E-state index contributed by atoms with van der Waals surface area (Å²) in [7, 11) is 0. The van der Waals surface area contributed by atoms with E-state index in [1.165, 1.54) is 38.5 Å². The first-order valence-corrected chi connectivity index (χ1v) is 14.2. The zero-order valence-electron chi connectivity index (χ0n) is 21.7. The smallest absolute Gasteiger partial charge is 0.414 e. The van der Waals surface area contributed by atoms with Crippen molar-refractivity contribution in [2.75, 3.05) is 13.2 Å². The van der Waals surface area contributed by atoms with E-state index in [2.05, 4.69) is 23.3 Å². The molecule has 3 fully saturated rings. The first-order chi connectivity index (χ1) is 17.9. The minimum atomic E-state index is -4.35. The number of halogens is 7. The van der Waals surface area contributed by atoms with Crippen LogP contribution in [0.2, 0.25) is 0 Å². The molecule has 1 aromatic rings. The second-order valence-corrected chi connectivity index (χ2v) is 11.8. The summed E-state index contributed by atoms with van der Waals surface area (Å²) < 4.78 is 97.9. The summed E-state index contributed by atoms with van der Waals surface area (Å²) in [6.45, 7) is 2.53. The lowest BCUT2D eigenvalue weighted by molar-refractivity contribution is -0.294. The van der Waals surface area contributed by atoms with Gasteiger partial charge >= 0.3 is 11.5 Å². The van der Waals surface area contributed by atoms with Crippen LogP contribution >= 0.6 is 11.6 Å². The average molecular weight is 571 g/mol. The fraction of sp³-hybridized carbons (Fsp3) is 0.786. The van der Waals surface area contributed by atoms with E-state index >= 15 is 0 Å². The number of ether oxygens (including phenoxy) is 3. The molecule has 0 amide bonds. The Morgan fingerprint density at radius 2 is 1.29 bits per heavy atom. The largest absolute Gasteiger partial charge is 0.487 e. The molecule has 0 unspecified atom stereocenters. The van der Waals surface area contributed by atoms with E-state index < -0.39 is 47.1 Å². The summed E-state index contributed by atoms with van der Waals surface area (Å²) in [6.07, 6.45) is 9.42. The van der Waals surface area contributed by atoms with E-state index in [0.717, 1.165) is 43.4 Å². The molecule has 0 aromatic heterocycles. The van der Waals surface area contributed by atoms with Crippen molar-refractivity contribution in [1.29, 1.82) is 0 Å². The molecule has 0 atom stereocenters. The highest BCUT2D eigenvalue weighted by Crippen LogP contribution is 2.44. The lowest BCUT2D eigenvalue weighted by atomic mass is 9.67. The molecule has 1 aromatic carbocycles. The third kappa shape index (κ3) is 7.72. The zero-order chi connectivity index (χ0) is 27.5. The van der Waals surface area contributed by atoms with E-state index in [9.17, 15) is 26.3 Å². The topological polar surface area (TPSA) is 27.7 Å². The molecule has 4 rings (SSSR count). The van der Waals surface area contributed by atoms with Crippen molar-refractivity contribution in [3.05, 3.63) is 29.3 Å². The molecular weight excluding hydrogens is 534 g/mol. The summed E-state index contributed by atoms with van der Waals surface area (Å²) >= 11 is 4.54. The van der Waals surface area contributed by atoms with Gasteiger partial charge in [0.05, 0.1) is 13.2 Å². The molecule has 216 valence electrons. The molecule has 1 saturated heterocycles. The van der Waals surface area contributed by atoms with Crippen molar-refractivity contribution in [1.82, 2.24) is 0 Å². The van der Waals surface area contributed by atoms with Gasteiger partial charge in [0.15, 0.2) is 17.4 Å². The molecule has 38 heavy (non-hydrogen) atoms. The maximum absolute atomic E-state index is 14.9. The third-order valence-electron chi connectivity index (χ3n) is 8.72. The predicted molar refractivity (Wildman–Crippen MR) is 131 cm³/mol. The lowest BCUT2D eigenvalue weighted by Gasteiger charge is -2.42. The molecule has 3 aliphatic rings. The van der Waals surface area contributed by atoms with Gasteiger partial charge in [0.2, 0.25) is 6.29 Å². The van der Waals surface area contributed by atoms with Gasteiger partial charge in [0, 0.05) is 23.9 Å². The SMILES string of the molecule is CCCC1CCC(C2CCC(C3COC(C(F)(F)Cc4cc(F)c(OC(F)(F)Cl)c(F)c4)OC3)CC2)CC1. The van der Waals surface area contributed by atoms with Gasteiger partial charge in [-0.15, -0.1) is 8.78 Å². The van der Waals surface area contributed by atoms with E-state index in [0.29, 0.717) is 18.1 Å². The Kier molecular flexibility index (Phi) is 9.83. The maximum Gasteiger partial charge on any atom is 0.487 e. The Morgan fingerprint density at radius 1 is 0.816 bits per heavy atom. The molecule has 2 aliphatic carbocycles. The van der Waals surface area contributed by atoms with Gasteiger partial charge in [0.25, 0.3) is 0 Å². The number of alkyl halides is 5. The summed E-state index contributed by atoms with van der Waals surface area (Å²) in [5.41, 5.74) is -4.80. The van der Waals surface area contributed by atoms with E-state index in [1.807, 2.05) is 0 Å². The molecule has 1 heterocycles. The summed E-state index contributed by atoms with van der Waals surface area (Å²) in [4.78, 5) is 0. The van der Waals surface area contributed by atoms with Crippen LogP contribution in [0.3, 0.4) is 0 Å². The minimum Gasteiger partial charge on any atom is -0.414 e. The molecule has 3 nitrogen and oxygen atoms in total. The van der Waals surface area contributed by atoms with Gasteiger partial charge in [-0.05, 0) is 79.9 Å². The highest BCUT2D eigenvalue weighted by molar-refractivity contribution is 6.20. The van der Waals surface area contributed by atoms with Gasteiger partial charge in [-0.2, -0.15) is 0 Å². The van der Waals surface area contributed by atoms with Crippen molar-refractivity contribution in [2.24, 2.45) is 29.6 Å². The predicted octanol–water partition coefficient (Wildman–Crippen LogP) is 8.71. The van der Waals surface area contributed by atoms with Gasteiger partial charge in [0.1, 0.15) is 0 Å². The number of hydrogen-bond acceptors (Lipinski definition) is 3. The molecule has 2 saturated carbocycles. The number of hydrogen-bond donors (Lipinski definition) is 0. The average Bonchev–Trinajstić information content (AvgIpc) is 2.86. The molecule has 0 bridgehead atoms. The monoisotopic (exact) mass is 570 g/mol. The zero-order valence-corrected chi connectivity index (χ0v) is 22.4. The molecule has 0 radical (unpaired) electrons. The highest BCUT2D eigenvalue weighted by Gasteiger charge is 2.46. The summed E-state index contributed by atoms with van der Waals surface area (Å²) in [5.74, 6) is -5.29. The first-order valence-electron chi connectivity index (χ1n) is 13.8. The van der Waals surface area contributed by atoms with E-state index in [4.69, 9.17) is 9.47 Å². The molecule has 0 spiro atoms. The second-order valence-electron chi connectivity index (χ2n) is 11.4. The van der Waals surface area contributed by atoms with Crippen molar-refractivity contribution >= 4 is 11.6 Å². The van der Waals surface area contributed by atoms with Crippen LogP contribution in [0.25, 0.3) is 0 Å². The standard InChI is InChI=1S/C28H37ClF6O3/c1-2-3-17-4-6-19(7-5-17)20-8-10-21(11-9-20)22-15-36-26(37-16-22)27(32,33)14-18-12-23(30)25(24(31)13-18)38-28(29,34)35/h12-13,17,19-22,26H,2-11,14-16H2,1H3. The molecule has 0 N–H and O–H groups in total. The van der Waals surface area contributed by atoms with Crippen LogP contribution < -0.4 is 4.74 Å². The van der Waals surface area contributed by atoms with Crippen LogP contribution in [0.4, 0.5) is 26.3 Å². The van der Waals surface area contributed by atoms with Crippen LogP contribution in [-0.4, -0.2) is 31.0 Å². The minimum absolute atomic E-state index is 0.0341. The summed E-state index contributed by atoms with van der Waals surface area (Å²) in [6, 6.07) is 1.02. The Hall–Kier alpha value is -1.19. The number of rotatable bonds is 9. The van der Waals surface area contributed by atoms with Gasteiger partial charge in [-0.1, -0.05) is 32.6 Å². The van der Waals surface area contributed by atoms with E-state index in [-0.39, 0.29) is 19.1 Å². The van der Waals surface area contributed by atoms with Gasteiger partial charge < -0.3 is 14.2 Å². The Balaban J connectivity index is 1.24. The van der Waals surface area contributed by atoms with Crippen molar-refractivity contribution in [2.45, 2.75) is 95.3 Å². The van der Waals surface area contributed by atoms with Gasteiger partial charge in [-0.3, -0.25) is 0 Å². The summed E-state index contributed by atoms with van der Waals surface area (Å²) in [5, 5.41) is 0. The molecule has 1 aliphatic heterocycles. The Bertz CT molecular complexity index is 879. The van der Waals surface area contributed by atoms with E-state index in [1.54, 1.807) is 0 Å². The fourth-order valence-electron chi connectivity index (χ4n) is 6.76. The van der Waals surface area contributed by atoms with Crippen LogP contribution in [0.15, 0.2) is 12.1 Å². The second kappa shape index (κ2) is 12.5. The Morgan fingerprint density at radius 3 is 1.76 bits per heavy atom. The van der Waals surface area contributed by atoms with Crippen LogP contribution in [-0.2, 0) is 15.9 Å². The maximum atomic E-state index is 14.9. The molecule has 10 heteroatoms. The molecular formula is C28H37ClF6O3. The van der Waals surface area contributed by atoms with Crippen molar-refractivity contribution in [3.63, 3.8) is 0 Å². The van der Waals surface area contributed by atoms with Crippen LogP contribution in [0.5, 0.6) is 5.75 Å². The van der Waals surface area contributed by atoms with Crippen LogP contribution in [0.1, 0.15) is 76.7 Å². The first kappa shape index (κ1) is 29.8. The number of benzene rings is 1. The highest BCUT2D eigenvalue weighted by atomic mass is 35.5. The fourth-order valence-corrected chi connectivity index (χ4v) is 6.84. The van der Waals surface area contributed by atoms with Crippen LogP contribution in [0, 0.1) is 41.2 Å². The van der Waals surface area contributed by atoms with Crippen molar-refractivity contribution in [3.8, 4) is 5.75 Å². The Labute approximate surface area is 225 Å². The third-order valence-corrected chi connectivity index (χ3v) is 8.80.